The highest BCUT2D eigenvalue weighted by atomic mass is 19.2. The van der Waals surface area contributed by atoms with E-state index in [1.165, 1.54) is 89.9 Å². The maximum absolute atomic E-state index is 13.4. The van der Waals surface area contributed by atoms with E-state index in [9.17, 15) is 13.2 Å². The van der Waals surface area contributed by atoms with Crippen LogP contribution in [0.4, 0.5) is 13.2 Å². The van der Waals surface area contributed by atoms with E-state index >= 15 is 0 Å². The maximum Gasteiger partial charge on any atom is 0.194 e. The van der Waals surface area contributed by atoms with Crippen LogP contribution in [0, 0.1) is 41.1 Å². The number of benzene rings is 1. The molecule has 0 bridgehead atoms. The molecule has 2 aliphatic carbocycles. The highest BCUT2D eigenvalue weighted by molar-refractivity contribution is 5.19. The van der Waals surface area contributed by atoms with Gasteiger partial charge >= 0.3 is 0 Å². The van der Waals surface area contributed by atoms with E-state index in [-0.39, 0.29) is 0 Å². The van der Waals surface area contributed by atoms with E-state index in [0.717, 1.165) is 36.3 Å². The van der Waals surface area contributed by atoms with Crippen LogP contribution in [0.25, 0.3) is 0 Å². The Morgan fingerprint density at radius 2 is 1.07 bits per heavy atom. The second-order valence-corrected chi connectivity index (χ2v) is 10.3. The van der Waals surface area contributed by atoms with Crippen LogP contribution in [0.2, 0.25) is 0 Å². The zero-order chi connectivity index (χ0) is 21.3. The quantitative estimate of drug-likeness (QED) is 0.261. The standard InChI is InChI=1S/C27H41F3/c1-2-3-4-5-20-6-8-21(9-7-20)10-11-22-12-14-23(15-13-22)16-17-24-18-25(28)27(30)26(29)19-24/h18-23H,2-17H2,1H3/t20-,21-,22-,23-. The number of aryl methyl sites for hydroxylation is 1. The Hall–Kier alpha value is -0.990. The summed E-state index contributed by atoms with van der Waals surface area (Å²) in [6.07, 6.45) is 21.0. The fraction of sp³-hybridized carbons (Fsp3) is 0.778. The molecular formula is C27H41F3. The average molecular weight is 423 g/mol. The van der Waals surface area contributed by atoms with Crippen molar-refractivity contribution in [2.75, 3.05) is 0 Å². The van der Waals surface area contributed by atoms with Gasteiger partial charge in [0.25, 0.3) is 0 Å². The van der Waals surface area contributed by atoms with E-state index in [4.69, 9.17) is 0 Å². The molecule has 1 aromatic carbocycles. The van der Waals surface area contributed by atoms with Gasteiger partial charge in [-0.25, -0.2) is 13.2 Å². The van der Waals surface area contributed by atoms with Crippen molar-refractivity contribution in [3.05, 3.63) is 35.1 Å². The van der Waals surface area contributed by atoms with Crippen molar-refractivity contribution in [3.8, 4) is 0 Å². The fourth-order valence-corrected chi connectivity index (χ4v) is 5.90. The smallest absolute Gasteiger partial charge is 0.194 e. The Morgan fingerprint density at radius 1 is 0.633 bits per heavy atom. The molecule has 3 heteroatoms. The highest BCUT2D eigenvalue weighted by Crippen LogP contribution is 2.38. The molecule has 0 radical (unpaired) electrons. The third kappa shape index (κ3) is 7.31. The van der Waals surface area contributed by atoms with Crippen LogP contribution in [0.3, 0.4) is 0 Å². The van der Waals surface area contributed by atoms with Crippen LogP contribution in [0.5, 0.6) is 0 Å². The van der Waals surface area contributed by atoms with E-state index < -0.39 is 17.5 Å². The highest BCUT2D eigenvalue weighted by Gasteiger charge is 2.25. The first kappa shape index (κ1) is 23.7. The van der Waals surface area contributed by atoms with E-state index in [1.807, 2.05) is 0 Å². The van der Waals surface area contributed by atoms with Crippen LogP contribution < -0.4 is 0 Å². The van der Waals surface area contributed by atoms with Crippen LogP contribution in [-0.4, -0.2) is 0 Å². The number of hydrogen-bond donors (Lipinski definition) is 0. The largest absolute Gasteiger partial charge is 0.204 e. The van der Waals surface area contributed by atoms with E-state index in [0.29, 0.717) is 17.9 Å². The first-order valence-electron chi connectivity index (χ1n) is 12.7. The van der Waals surface area contributed by atoms with Crippen molar-refractivity contribution in [3.63, 3.8) is 0 Å². The molecule has 30 heavy (non-hydrogen) atoms. The van der Waals surface area contributed by atoms with Gasteiger partial charge in [-0.2, -0.15) is 0 Å². The molecule has 3 rings (SSSR count). The summed E-state index contributed by atoms with van der Waals surface area (Å²) >= 11 is 0. The third-order valence-corrected chi connectivity index (χ3v) is 8.02. The maximum atomic E-state index is 13.4. The minimum atomic E-state index is -1.36. The first-order valence-corrected chi connectivity index (χ1v) is 12.7. The molecule has 0 unspecified atom stereocenters. The molecule has 0 N–H and O–H groups in total. The Bertz CT molecular complexity index is 602. The van der Waals surface area contributed by atoms with Crippen LogP contribution in [-0.2, 0) is 6.42 Å². The number of unbranched alkanes of at least 4 members (excludes halogenated alkanes) is 2. The molecule has 170 valence electrons. The van der Waals surface area contributed by atoms with Crippen molar-refractivity contribution in [1.29, 1.82) is 0 Å². The minimum Gasteiger partial charge on any atom is -0.204 e. The van der Waals surface area contributed by atoms with Gasteiger partial charge in [0.1, 0.15) is 0 Å². The first-order chi connectivity index (χ1) is 14.5. The minimum absolute atomic E-state index is 0.582. The van der Waals surface area contributed by atoms with Crippen molar-refractivity contribution in [1.82, 2.24) is 0 Å². The summed E-state index contributed by atoms with van der Waals surface area (Å²) in [4.78, 5) is 0. The van der Waals surface area contributed by atoms with E-state index in [2.05, 4.69) is 6.92 Å². The van der Waals surface area contributed by atoms with Crippen molar-refractivity contribution < 1.29 is 13.2 Å². The molecule has 1 aromatic rings. The summed E-state index contributed by atoms with van der Waals surface area (Å²) < 4.78 is 39.8. The molecule has 0 amide bonds. The van der Waals surface area contributed by atoms with Crippen molar-refractivity contribution in [2.45, 2.75) is 110 Å². The molecular weight excluding hydrogens is 381 g/mol. The Morgan fingerprint density at radius 3 is 1.53 bits per heavy atom. The Balaban J connectivity index is 1.28. The topological polar surface area (TPSA) is 0 Å². The number of rotatable bonds is 10. The molecule has 2 saturated carbocycles. The lowest BCUT2D eigenvalue weighted by Gasteiger charge is -2.32. The molecule has 0 atom stereocenters. The Labute approximate surface area is 182 Å². The predicted molar refractivity (Wildman–Crippen MR) is 119 cm³/mol. The van der Waals surface area contributed by atoms with Gasteiger partial charge < -0.3 is 0 Å². The average Bonchev–Trinajstić information content (AvgIpc) is 2.76. The van der Waals surface area contributed by atoms with Gasteiger partial charge in [-0.15, -0.1) is 0 Å². The van der Waals surface area contributed by atoms with Gasteiger partial charge in [-0.05, 0) is 54.2 Å². The summed E-state index contributed by atoms with van der Waals surface area (Å²) in [7, 11) is 0. The molecule has 2 aliphatic rings. The summed E-state index contributed by atoms with van der Waals surface area (Å²) in [6.45, 7) is 2.29. The van der Waals surface area contributed by atoms with Gasteiger partial charge in [-0.3, -0.25) is 0 Å². The van der Waals surface area contributed by atoms with Crippen LogP contribution in [0.15, 0.2) is 12.1 Å². The summed E-state index contributed by atoms with van der Waals surface area (Å²) in [6, 6.07) is 2.31. The molecule has 0 nitrogen and oxygen atoms in total. The van der Waals surface area contributed by atoms with Gasteiger partial charge in [0, 0.05) is 0 Å². The lowest BCUT2D eigenvalue weighted by atomic mass is 9.74. The Kier molecular flexibility index (Phi) is 9.59. The second kappa shape index (κ2) is 12.2. The SMILES string of the molecule is CCCCC[C@H]1CC[C@H](CC[C@H]2CC[C@H](CCc3cc(F)c(F)c(F)c3)CC2)CC1. The van der Waals surface area contributed by atoms with Crippen LogP contribution in [0.1, 0.15) is 109 Å². The zero-order valence-electron chi connectivity index (χ0n) is 18.9. The van der Waals surface area contributed by atoms with E-state index in [1.54, 1.807) is 0 Å². The number of halogens is 3. The monoisotopic (exact) mass is 422 g/mol. The molecule has 0 spiro atoms. The fourth-order valence-electron chi connectivity index (χ4n) is 5.90. The van der Waals surface area contributed by atoms with Gasteiger partial charge in [-0.1, -0.05) is 96.8 Å². The summed E-state index contributed by atoms with van der Waals surface area (Å²) in [5, 5.41) is 0. The predicted octanol–water partition coefficient (Wildman–Crippen LogP) is 9.01. The number of hydrogen-bond acceptors (Lipinski definition) is 0. The molecule has 2 fully saturated rings. The summed E-state index contributed by atoms with van der Waals surface area (Å²) in [5.41, 5.74) is 0.582. The second-order valence-electron chi connectivity index (χ2n) is 10.3. The van der Waals surface area contributed by atoms with Gasteiger partial charge in [0.05, 0.1) is 0 Å². The lowest BCUT2D eigenvalue weighted by Crippen LogP contribution is -2.18. The van der Waals surface area contributed by atoms with Gasteiger partial charge in [0.2, 0.25) is 0 Å². The summed E-state index contributed by atoms with van der Waals surface area (Å²) in [5.74, 6) is 0.0107. The zero-order valence-corrected chi connectivity index (χ0v) is 18.9. The molecule has 0 aromatic heterocycles. The van der Waals surface area contributed by atoms with Crippen molar-refractivity contribution in [2.24, 2.45) is 23.7 Å². The molecule has 0 saturated heterocycles. The normalized spacial score (nSPS) is 27.3. The van der Waals surface area contributed by atoms with Crippen molar-refractivity contribution >= 4 is 0 Å². The molecule has 0 aliphatic heterocycles. The molecule has 0 heterocycles. The lowest BCUT2D eigenvalue weighted by molar-refractivity contribution is 0.208. The van der Waals surface area contributed by atoms with Crippen LogP contribution >= 0.6 is 0 Å². The third-order valence-electron chi connectivity index (χ3n) is 8.02. The van der Waals surface area contributed by atoms with Gasteiger partial charge in [0.15, 0.2) is 17.5 Å².